The van der Waals surface area contributed by atoms with Crippen molar-refractivity contribution in [2.45, 2.75) is 43.2 Å². The van der Waals surface area contributed by atoms with Gasteiger partial charge in [-0.25, -0.2) is 4.98 Å². The third-order valence-corrected chi connectivity index (χ3v) is 5.47. The first kappa shape index (κ1) is 16.4. The number of benzene rings is 1. The van der Waals surface area contributed by atoms with Gasteiger partial charge in [0.2, 0.25) is 5.16 Å². The van der Waals surface area contributed by atoms with Crippen LogP contribution in [0.3, 0.4) is 0 Å². The molecule has 1 fully saturated rings. The lowest BCUT2D eigenvalue weighted by Crippen LogP contribution is -2.04. The van der Waals surface area contributed by atoms with Crippen molar-refractivity contribution in [1.82, 2.24) is 15.2 Å². The number of ether oxygens (including phenoxy) is 2. The zero-order valence-electron chi connectivity index (χ0n) is 14.0. The van der Waals surface area contributed by atoms with Crippen LogP contribution in [0.1, 0.15) is 54.2 Å². The molecule has 2 aliphatic rings. The van der Waals surface area contributed by atoms with Gasteiger partial charge in [-0.2, -0.15) is 0 Å². The van der Waals surface area contributed by atoms with E-state index < -0.39 is 0 Å². The molecule has 1 aromatic heterocycles. The van der Waals surface area contributed by atoms with Crippen LogP contribution in [0.4, 0.5) is 0 Å². The number of nitrogens with one attached hydrogen (secondary N) is 1. The molecule has 0 unspecified atom stereocenters. The highest BCUT2D eigenvalue weighted by Crippen LogP contribution is 2.33. The van der Waals surface area contributed by atoms with Crippen LogP contribution in [0, 0.1) is 0 Å². The quantitative estimate of drug-likeness (QED) is 0.649. The standard InChI is InChI=1S/C18H21N3O3S/c22-14(13-6-7-15-16(10-13)24-9-3-8-23-15)11-25-18-19-17(20-21-18)12-4-1-2-5-12/h6-7,10,12H,1-5,8-9,11H2,(H,19,20,21). The smallest absolute Gasteiger partial charge is 0.208 e. The van der Waals surface area contributed by atoms with Gasteiger partial charge in [0.1, 0.15) is 5.82 Å². The van der Waals surface area contributed by atoms with Crippen LogP contribution in [0.2, 0.25) is 0 Å². The van der Waals surface area contributed by atoms with Crippen molar-refractivity contribution in [3.63, 3.8) is 0 Å². The van der Waals surface area contributed by atoms with E-state index in [-0.39, 0.29) is 5.78 Å². The number of hydrogen-bond acceptors (Lipinski definition) is 6. The lowest BCUT2D eigenvalue weighted by Gasteiger charge is -2.08. The number of Topliss-reactive ketones (excluding diaryl/α,β-unsaturated/α-hetero) is 1. The van der Waals surface area contributed by atoms with Crippen molar-refractivity contribution in [2.24, 2.45) is 0 Å². The van der Waals surface area contributed by atoms with Crippen LogP contribution in [-0.4, -0.2) is 39.9 Å². The molecule has 1 aromatic carbocycles. The summed E-state index contributed by atoms with van der Waals surface area (Å²) >= 11 is 1.37. The van der Waals surface area contributed by atoms with Gasteiger partial charge in [0.15, 0.2) is 17.3 Å². The Morgan fingerprint density at radius 3 is 2.80 bits per heavy atom. The summed E-state index contributed by atoms with van der Waals surface area (Å²) in [5, 5.41) is 7.91. The highest BCUT2D eigenvalue weighted by Gasteiger charge is 2.21. The van der Waals surface area contributed by atoms with Crippen molar-refractivity contribution < 1.29 is 14.3 Å². The van der Waals surface area contributed by atoms with Gasteiger partial charge in [0, 0.05) is 17.9 Å². The Hall–Kier alpha value is -2.02. The third-order valence-electron chi connectivity index (χ3n) is 4.63. The lowest BCUT2D eigenvalue weighted by atomic mass is 10.1. The molecule has 0 radical (unpaired) electrons. The van der Waals surface area contributed by atoms with Gasteiger partial charge in [-0.3, -0.25) is 9.89 Å². The molecule has 4 rings (SSSR count). The molecule has 2 heterocycles. The minimum absolute atomic E-state index is 0.0351. The first-order valence-electron chi connectivity index (χ1n) is 8.77. The number of thioether (sulfide) groups is 1. The maximum absolute atomic E-state index is 12.5. The maximum atomic E-state index is 12.5. The van der Waals surface area contributed by atoms with Gasteiger partial charge in [0.25, 0.3) is 0 Å². The van der Waals surface area contributed by atoms with Crippen molar-refractivity contribution >= 4 is 17.5 Å². The third kappa shape index (κ3) is 3.81. The van der Waals surface area contributed by atoms with Crippen molar-refractivity contribution in [3.05, 3.63) is 29.6 Å². The lowest BCUT2D eigenvalue weighted by molar-refractivity contribution is 0.102. The number of aromatic nitrogens is 3. The van der Waals surface area contributed by atoms with E-state index in [2.05, 4.69) is 15.2 Å². The molecule has 0 spiro atoms. The van der Waals surface area contributed by atoms with Crippen molar-refractivity contribution in [1.29, 1.82) is 0 Å². The second kappa shape index (κ2) is 7.47. The summed E-state index contributed by atoms with van der Waals surface area (Å²) < 4.78 is 11.2. The van der Waals surface area contributed by atoms with Gasteiger partial charge in [-0.1, -0.05) is 24.6 Å². The van der Waals surface area contributed by atoms with Crippen LogP contribution >= 0.6 is 11.8 Å². The van der Waals surface area contributed by atoms with E-state index in [9.17, 15) is 4.79 Å². The van der Waals surface area contributed by atoms with Crippen LogP contribution in [0.5, 0.6) is 11.5 Å². The van der Waals surface area contributed by atoms with Crippen LogP contribution in [0.25, 0.3) is 0 Å². The Kier molecular flexibility index (Phi) is 4.92. The Morgan fingerprint density at radius 1 is 1.16 bits per heavy atom. The SMILES string of the molecule is O=C(CSc1n[nH]c(C2CCCC2)n1)c1ccc2c(c1)OCCCO2. The van der Waals surface area contributed by atoms with Crippen LogP contribution in [-0.2, 0) is 0 Å². The first-order chi connectivity index (χ1) is 12.3. The molecule has 25 heavy (non-hydrogen) atoms. The van der Waals surface area contributed by atoms with E-state index in [1.165, 1.54) is 37.4 Å². The molecule has 1 saturated carbocycles. The van der Waals surface area contributed by atoms with Gasteiger partial charge in [-0.15, -0.1) is 5.10 Å². The largest absolute Gasteiger partial charge is 0.490 e. The minimum atomic E-state index is 0.0351. The maximum Gasteiger partial charge on any atom is 0.208 e. The normalized spacial score (nSPS) is 17.4. The molecular formula is C18H21N3O3S. The summed E-state index contributed by atoms with van der Waals surface area (Å²) in [6.45, 7) is 1.25. The van der Waals surface area contributed by atoms with Gasteiger partial charge in [0.05, 0.1) is 19.0 Å². The summed E-state index contributed by atoms with van der Waals surface area (Å²) in [5.41, 5.74) is 0.628. The molecular weight excluding hydrogens is 338 g/mol. The number of ketones is 1. The predicted octanol–water partition coefficient (Wildman–Crippen LogP) is 3.60. The van der Waals surface area contributed by atoms with E-state index in [4.69, 9.17) is 9.47 Å². The van der Waals surface area contributed by atoms with Gasteiger partial charge >= 0.3 is 0 Å². The van der Waals surface area contributed by atoms with E-state index >= 15 is 0 Å². The van der Waals surface area contributed by atoms with Crippen molar-refractivity contribution in [2.75, 3.05) is 19.0 Å². The number of hydrogen-bond donors (Lipinski definition) is 1. The summed E-state index contributed by atoms with van der Waals surface area (Å²) in [4.78, 5) is 17.0. The zero-order chi connectivity index (χ0) is 17.1. The molecule has 1 N–H and O–H groups in total. The van der Waals surface area contributed by atoms with Gasteiger partial charge in [-0.05, 0) is 31.0 Å². The predicted molar refractivity (Wildman–Crippen MR) is 94.7 cm³/mol. The molecule has 7 heteroatoms. The first-order valence-corrected chi connectivity index (χ1v) is 9.76. The Morgan fingerprint density at radius 2 is 1.96 bits per heavy atom. The summed E-state index contributed by atoms with van der Waals surface area (Å²) in [6, 6.07) is 5.37. The molecule has 2 aromatic rings. The average Bonchev–Trinajstić information content (AvgIpc) is 3.26. The second-order valence-corrected chi connectivity index (χ2v) is 7.35. The fourth-order valence-corrected chi connectivity index (χ4v) is 3.95. The second-order valence-electron chi connectivity index (χ2n) is 6.41. The van der Waals surface area contributed by atoms with Crippen LogP contribution < -0.4 is 9.47 Å². The Labute approximate surface area is 150 Å². The number of fused-ring (bicyclic) bond motifs is 1. The number of rotatable bonds is 5. The van der Waals surface area contributed by atoms with Crippen LogP contribution in [0.15, 0.2) is 23.4 Å². The molecule has 1 aliphatic heterocycles. The zero-order valence-corrected chi connectivity index (χ0v) is 14.8. The average molecular weight is 359 g/mol. The molecule has 0 amide bonds. The van der Waals surface area contributed by atoms with E-state index in [1.807, 2.05) is 6.07 Å². The Balaban J connectivity index is 1.38. The molecule has 0 bridgehead atoms. The number of carbonyl (C=O) groups excluding carboxylic acids is 1. The summed E-state index contributed by atoms with van der Waals surface area (Å²) in [6.07, 6.45) is 5.72. The van der Waals surface area contributed by atoms with Gasteiger partial charge < -0.3 is 9.47 Å². The van der Waals surface area contributed by atoms with E-state index in [0.29, 0.717) is 47.1 Å². The Bertz CT molecular complexity index is 756. The molecule has 6 nitrogen and oxygen atoms in total. The summed E-state index contributed by atoms with van der Waals surface area (Å²) in [5.74, 6) is 3.16. The topological polar surface area (TPSA) is 77.1 Å². The van der Waals surface area contributed by atoms with Crippen molar-refractivity contribution in [3.8, 4) is 11.5 Å². The fourth-order valence-electron chi connectivity index (χ4n) is 3.25. The number of H-pyrrole nitrogens is 1. The van der Waals surface area contributed by atoms with E-state index in [0.717, 1.165) is 12.2 Å². The monoisotopic (exact) mass is 359 g/mol. The fraction of sp³-hybridized carbons (Fsp3) is 0.500. The highest BCUT2D eigenvalue weighted by atomic mass is 32.2. The molecule has 0 atom stereocenters. The number of carbonyl (C=O) groups is 1. The molecule has 1 aliphatic carbocycles. The van der Waals surface area contributed by atoms with E-state index in [1.54, 1.807) is 12.1 Å². The summed E-state index contributed by atoms with van der Waals surface area (Å²) in [7, 11) is 0. The highest BCUT2D eigenvalue weighted by molar-refractivity contribution is 7.99. The number of nitrogens with zero attached hydrogens (tertiary/aromatic N) is 2. The minimum Gasteiger partial charge on any atom is -0.490 e. The molecule has 0 saturated heterocycles. The number of aromatic amines is 1. The molecule has 132 valence electrons.